The van der Waals surface area contributed by atoms with E-state index in [4.69, 9.17) is 9.47 Å². The van der Waals surface area contributed by atoms with Crippen LogP contribution >= 0.6 is 0 Å². The van der Waals surface area contributed by atoms with Crippen molar-refractivity contribution < 1.29 is 14.3 Å². The zero-order valence-electron chi connectivity index (χ0n) is 13.7. The lowest BCUT2D eigenvalue weighted by atomic mass is 9.92. The fraction of sp³-hybridized carbons (Fsp3) is 0.350. The number of carbonyl (C=O) groups excluding carboxylic acids is 1. The van der Waals surface area contributed by atoms with E-state index < -0.39 is 0 Å². The first-order valence-corrected chi connectivity index (χ1v) is 8.13. The fourth-order valence-corrected chi connectivity index (χ4v) is 3.20. The molecule has 3 nitrogen and oxygen atoms in total. The van der Waals surface area contributed by atoms with E-state index in [0.717, 1.165) is 54.4 Å². The number of benzene rings is 2. The van der Waals surface area contributed by atoms with E-state index in [1.165, 1.54) is 0 Å². The summed E-state index contributed by atoms with van der Waals surface area (Å²) in [7, 11) is 0. The Hall–Kier alpha value is -2.13. The van der Waals surface area contributed by atoms with Crippen molar-refractivity contribution in [1.82, 2.24) is 0 Å². The highest BCUT2D eigenvalue weighted by Gasteiger charge is 2.20. The van der Waals surface area contributed by atoms with Crippen LogP contribution in [0.4, 0.5) is 0 Å². The zero-order chi connectivity index (χ0) is 16.2. The quantitative estimate of drug-likeness (QED) is 0.769. The molecule has 0 spiro atoms. The predicted molar refractivity (Wildman–Crippen MR) is 91.0 cm³/mol. The molecule has 0 aliphatic carbocycles. The van der Waals surface area contributed by atoms with Gasteiger partial charge in [-0.05, 0) is 55.0 Å². The van der Waals surface area contributed by atoms with Gasteiger partial charge >= 0.3 is 0 Å². The number of hydrogen-bond acceptors (Lipinski definition) is 3. The summed E-state index contributed by atoms with van der Waals surface area (Å²) in [6.07, 6.45) is 3.69. The molecule has 1 heterocycles. The number of carbonyl (C=O) groups is 1. The highest BCUT2D eigenvalue weighted by atomic mass is 16.7. The predicted octanol–water partition coefficient (Wildman–Crippen LogP) is 4.69. The Morgan fingerprint density at radius 2 is 1.96 bits per heavy atom. The molecule has 1 unspecified atom stereocenters. The zero-order valence-corrected chi connectivity index (χ0v) is 13.7. The molecular formula is C20H22O3. The molecule has 1 aliphatic heterocycles. The minimum Gasteiger partial charge on any atom is -0.464 e. The van der Waals surface area contributed by atoms with Gasteiger partial charge in [-0.1, -0.05) is 30.3 Å². The molecule has 0 bridgehead atoms. The Morgan fingerprint density at radius 1 is 1.17 bits per heavy atom. The van der Waals surface area contributed by atoms with Crippen LogP contribution in [0.5, 0.6) is 5.75 Å². The van der Waals surface area contributed by atoms with E-state index in [9.17, 15) is 4.79 Å². The second kappa shape index (κ2) is 6.97. The molecule has 3 heteroatoms. The maximum Gasteiger partial charge on any atom is 0.199 e. The molecule has 120 valence electrons. The van der Waals surface area contributed by atoms with Crippen molar-refractivity contribution in [3.63, 3.8) is 0 Å². The van der Waals surface area contributed by atoms with Gasteiger partial charge in [0.25, 0.3) is 0 Å². The van der Waals surface area contributed by atoms with Gasteiger partial charge in [0, 0.05) is 6.42 Å². The topological polar surface area (TPSA) is 35.5 Å². The maximum absolute atomic E-state index is 11.7. The second-order valence-corrected chi connectivity index (χ2v) is 6.00. The van der Waals surface area contributed by atoms with Gasteiger partial charge in [0.15, 0.2) is 12.6 Å². The molecule has 0 aromatic heterocycles. The first-order valence-electron chi connectivity index (χ1n) is 8.13. The van der Waals surface area contributed by atoms with E-state index in [1.807, 2.05) is 31.2 Å². The lowest BCUT2D eigenvalue weighted by molar-refractivity contribution is -0.106. The van der Waals surface area contributed by atoms with E-state index >= 15 is 0 Å². The molecule has 2 aromatic carbocycles. The molecule has 23 heavy (non-hydrogen) atoms. The Labute approximate surface area is 137 Å². The van der Waals surface area contributed by atoms with Gasteiger partial charge < -0.3 is 9.47 Å². The highest BCUT2D eigenvalue weighted by Crippen LogP contribution is 2.35. The smallest absolute Gasteiger partial charge is 0.199 e. The molecule has 1 atom stereocenters. The summed E-state index contributed by atoms with van der Waals surface area (Å²) < 4.78 is 11.6. The van der Waals surface area contributed by atoms with E-state index in [-0.39, 0.29) is 6.29 Å². The van der Waals surface area contributed by atoms with Crippen LogP contribution in [0.3, 0.4) is 0 Å². The summed E-state index contributed by atoms with van der Waals surface area (Å²) in [5.41, 5.74) is 4.89. The first-order chi connectivity index (χ1) is 11.2. The molecule has 0 amide bonds. The highest BCUT2D eigenvalue weighted by molar-refractivity contribution is 5.88. The van der Waals surface area contributed by atoms with Gasteiger partial charge in [-0.2, -0.15) is 0 Å². The molecule has 2 aromatic rings. The van der Waals surface area contributed by atoms with Crippen LogP contribution in [0.2, 0.25) is 0 Å². The Bertz CT molecular complexity index is 686. The molecular weight excluding hydrogens is 288 g/mol. The number of hydrogen-bond donors (Lipinski definition) is 0. The second-order valence-electron chi connectivity index (χ2n) is 6.00. The summed E-state index contributed by atoms with van der Waals surface area (Å²) in [6.45, 7) is 4.76. The van der Waals surface area contributed by atoms with Crippen molar-refractivity contribution in [2.75, 3.05) is 6.61 Å². The van der Waals surface area contributed by atoms with Crippen molar-refractivity contribution in [2.45, 2.75) is 39.4 Å². The van der Waals surface area contributed by atoms with Gasteiger partial charge in [0.1, 0.15) is 5.75 Å². The Morgan fingerprint density at radius 3 is 2.61 bits per heavy atom. The molecule has 3 rings (SSSR count). The standard InChI is InChI=1S/C20H22O3/c1-14-12-18(23-19-10-6-7-11-22-19)17(13-21)15(2)20(14)16-8-4-3-5-9-16/h3-5,8-9,12-13,19H,6-7,10-11H2,1-2H3. The molecule has 0 saturated carbocycles. The lowest BCUT2D eigenvalue weighted by Gasteiger charge is -2.25. The summed E-state index contributed by atoms with van der Waals surface area (Å²) in [5.74, 6) is 0.626. The molecule has 0 radical (unpaired) electrons. The molecule has 1 saturated heterocycles. The van der Waals surface area contributed by atoms with Crippen LogP contribution < -0.4 is 4.74 Å². The van der Waals surface area contributed by atoms with Crippen LogP contribution in [0.25, 0.3) is 11.1 Å². The first kappa shape index (κ1) is 15.8. The van der Waals surface area contributed by atoms with Crippen molar-refractivity contribution in [1.29, 1.82) is 0 Å². The SMILES string of the molecule is Cc1cc(OC2CCCCO2)c(C=O)c(C)c1-c1ccccc1. The largest absolute Gasteiger partial charge is 0.464 e. The van der Waals surface area contributed by atoms with Crippen LogP contribution in [0.1, 0.15) is 40.7 Å². The lowest BCUT2D eigenvalue weighted by Crippen LogP contribution is -2.25. The van der Waals surface area contributed by atoms with Gasteiger partial charge in [-0.25, -0.2) is 0 Å². The number of aldehydes is 1. The van der Waals surface area contributed by atoms with Gasteiger partial charge in [-0.15, -0.1) is 0 Å². The minimum absolute atomic E-state index is 0.246. The Kier molecular flexibility index (Phi) is 4.77. The third-order valence-electron chi connectivity index (χ3n) is 4.36. The summed E-state index contributed by atoms with van der Waals surface area (Å²) in [6, 6.07) is 12.1. The van der Waals surface area contributed by atoms with Crippen molar-refractivity contribution in [3.05, 3.63) is 53.1 Å². The van der Waals surface area contributed by atoms with Crippen LogP contribution in [0, 0.1) is 13.8 Å². The third-order valence-corrected chi connectivity index (χ3v) is 4.36. The average molecular weight is 310 g/mol. The number of ether oxygens (including phenoxy) is 2. The Balaban J connectivity index is 2.00. The number of aryl methyl sites for hydroxylation is 1. The van der Waals surface area contributed by atoms with E-state index in [1.54, 1.807) is 0 Å². The fourth-order valence-electron chi connectivity index (χ4n) is 3.20. The number of rotatable bonds is 4. The normalized spacial score (nSPS) is 17.7. The van der Waals surface area contributed by atoms with Crippen LogP contribution in [0.15, 0.2) is 36.4 Å². The van der Waals surface area contributed by atoms with Crippen molar-refractivity contribution in [3.8, 4) is 16.9 Å². The summed E-state index contributed by atoms with van der Waals surface area (Å²) in [4.78, 5) is 11.7. The van der Waals surface area contributed by atoms with Crippen molar-refractivity contribution >= 4 is 6.29 Å². The van der Waals surface area contributed by atoms with Crippen molar-refractivity contribution in [2.24, 2.45) is 0 Å². The summed E-state index contributed by atoms with van der Waals surface area (Å²) in [5, 5.41) is 0. The average Bonchev–Trinajstić information content (AvgIpc) is 2.57. The van der Waals surface area contributed by atoms with Gasteiger partial charge in [-0.3, -0.25) is 4.79 Å². The minimum atomic E-state index is -0.246. The van der Waals surface area contributed by atoms with E-state index in [0.29, 0.717) is 11.3 Å². The monoisotopic (exact) mass is 310 g/mol. The van der Waals surface area contributed by atoms with Gasteiger partial charge in [0.2, 0.25) is 0 Å². The van der Waals surface area contributed by atoms with Gasteiger partial charge in [0.05, 0.1) is 12.2 Å². The van der Waals surface area contributed by atoms with Crippen LogP contribution in [-0.2, 0) is 4.74 Å². The maximum atomic E-state index is 11.7. The molecule has 0 N–H and O–H groups in total. The molecule has 1 aliphatic rings. The third kappa shape index (κ3) is 3.30. The summed E-state index contributed by atoms with van der Waals surface area (Å²) >= 11 is 0. The molecule has 1 fully saturated rings. The van der Waals surface area contributed by atoms with E-state index in [2.05, 4.69) is 19.1 Å². The van der Waals surface area contributed by atoms with Crippen LogP contribution in [-0.4, -0.2) is 19.2 Å².